The number of benzene rings is 2. The highest BCUT2D eigenvalue weighted by molar-refractivity contribution is 7.89. The van der Waals surface area contributed by atoms with E-state index in [1.165, 1.54) is 25.1 Å². The molecule has 1 atom stereocenters. The first-order valence-electron chi connectivity index (χ1n) is 8.09. The monoisotopic (exact) mass is 377 g/mol. The Labute approximate surface area is 153 Å². The number of hydrogen-bond donors (Lipinski definition) is 2. The first-order chi connectivity index (χ1) is 12.1. The summed E-state index contributed by atoms with van der Waals surface area (Å²) in [6.07, 6.45) is 0.271. The number of ether oxygens (including phenoxy) is 1. The van der Waals surface area contributed by atoms with E-state index in [2.05, 4.69) is 4.72 Å². The molecule has 26 heavy (non-hydrogen) atoms. The van der Waals surface area contributed by atoms with Crippen LogP contribution in [-0.4, -0.2) is 38.6 Å². The Morgan fingerprint density at radius 1 is 1.19 bits per heavy atom. The van der Waals surface area contributed by atoms with Gasteiger partial charge in [0.15, 0.2) is 5.78 Å². The molecule has 2 aromatic rings. The van der Waals surface area contributed by atoms with E-state index in [1.807, 2.05) is 12.1 Å². The molecule has 0 saturated heterocycles. The molecule has 140 valence electrons. The fraction of sp³-hybridized carbons (Fsp3) is 0.316. The minimum absolute atomic E-state index is 0.00884. The zero-order chi connectivity index (χ0) is 19.4. The Morgan fingerprint density at radius 3 is 2.42 bits per heavy atom. The molecule has 7 heteroatoms. The molecule has 0 aromatic heterocycles. The Bertz CT molecular complexity index is 873. The van der Waals surface area contributed by atoms with Crippen LogP contribution in [0.15, 0.2) is 53.4 Å². The first-order valence-corrected chi connectivity index (χ1v) is 9.57. The Hall–Kier alpha value is -2.22. The second-order valence-corrected chi connectivity index (χ2v) is 8.20. The van der Waals surface area contributed by atoms with Gasteiger partial charge in [0.1, 0.15) is 5.75 Å². The zero-order valence-electron chi connectivity index (χ0n) is 15.0. The van der Waals surface area contributed by atoms with Crippen LogP contribution in [-0.2, 0) is 16.4 Å². The largest absolute Gasteiger partial charge is 0.497 e. The Balaban J connectivity index is 2.07. The molecule has 0 aliphatic carbocycles. The molecule has 1 unspecified atom stereocenters. The number of carbonyl (C=O) groups is 1. The van der Waals surface area contributed by atoms with Crippen LogP contribution < -0.4 is 9.46 Å². The van der Waals surface area contributed by atoms with Crippen LogP contribution in [0.25, 0.3) is 0 Å². The predicted octanol–water partition coefficient (Wildman–Crippen LogP) is 2.17. The smallest absolute Gasteiger partial charge is 0.240 e. The minimum atomic E-state index is -3.83. The Kier molecular flexibility index (Phi) is 6.17. The van der Waals surface area contributed by atoms with Crippen LogP contribution in [0.2, 0.25) is 0 Å². The van der Waals surface area contributed by atoms with Crippen molar-refractivity contribution in [1.82, 2.24) is 4.72 Å². The lowest BCUT2D eigenvalue weighted by molar-refractivity contribution is 0.0657. The molecule has 0 aliphatic heterocycles. The second kappa shape index (κ2) is 7.99. The molecule has 0 fully saturated rings. The van der Waals surface area contributed by atoms with Crippen LogP contribution in [0.1, 0.15) is 29.8 Å². The molecule has 0 saturated carbocycles. The van der Waals surface area contributed by atoms with Crippen molar-refractivity contribution < 1.29 is 23.1 Å². The SMILES string of the molecule is COc1ccc(CC(C)(O)CNS(=O)(=O)c2cccc(C(C)=O)c2)cc1. The molecule has 2 N–H and O–H groups in total. The maximum atomic E-state index is 12.4. The summed E-state index contributed by atoms with van der Waals surface area (Å²) in [5.41, 5.74) is -0.105. The molecule has 6 nitrogen and oxygen atoms in total. The van der Waals surface area contributed by atoms with Gasteiger partial charge in [-0.1, -0.05) is 24.3 Å². The van der Waals surface area contributed by atoms with Gasteiger partial charge in [-0.3, -0.25) is 4.79 Å². The van der Waals surface area contributed by atoms with Gasteiger partial charge in [-0.05, 0) is 43.7 Å². The van der Waals surface area contributed by atoms with Gasteiger partial charge in [0.2, 0.25) is 10.0 Å². The summed E-state index contributed by atoms with van der Waals surface area (Å²) >= 11 is 0. The number of aliphatic hydroxyl groups is 1. The summed E-state index contributed by atoms with van der Waals surface area (Å²) in [5.74, 6) is 0.494. The second-order valence-electron chi connectivity index (χ2n) is 6.43. The van der Waals surface area contributed by atoms with Crippen LogP contribution in [0, 0.1) is 0 Å². The highest BCUT2D eigenvalue weighted by Crippen LogP contribution is 2.18. The van der Waals surface area contributed by atoms with E-state index < -0.39 is 15.6 Å². The van der Waals surface area contributed by atoms with Crippen molar-refractivity contribution in [3.8, 4) is 5.75 Å². The molecule has 0 aliphatic rings. The zero-order valence-corrected chi connectivity index (χ0v) is 15.8. The topological polar surface area (TPSA) is 92.7 Å². The maximum Gasteiger partial charge on any atom is 0.240 e. The van der Waals surface area contributed by atoms with Crippen LogP contribution in [0.3, 0.4) is 0 Å². The molecule has 0 heterocycles. The third-order valence-corrected chi connectivity index (χ3v) is 5.34. The van der Waals surface area contributed by atoms with Crippen molar-refractivity contribution >= 4 is 15.8 Å². The minimum Gasteiger partial charge on any atom is -0.497 e. The summed E-state index contributed by atoms with van der Waals surface area (Å²) < 4.78 is 32.4. The lowest BCUT2D eigenvalue weighted by Crippen LogP contribution is -2.42. The summed E-state index contributed by atoms with van der Waals surface area (Å²) in [5, 5.41) is 10.5. The molecule has 0 radical (unpaired) electrons. The number of rotatable bonds is 8. The number of ketones is 1. The van der Waals surface area contributed by atoms with Crippen LogP contribution in [0.4, 0.5) is 0 Å². The first kappa shape index (κ1) is 20.1. The summed E-state index contributed by atoms with van der Waals surface area (Å²) in [4.78, 5) is 11.4. The van der Waals surface area contributed by atoms with Gasteiger partial charge in [0.25, 0.3) is 0 Å². The normalized spacial score (nSPS) is 13.8. The van der Waals surface area contributed by atoms with Gasteiger partial charge in [-0.2, -0.15) is 0 Å². The van der Waals surface area contributed by atoms with Crippen molar-refractivity contribution in [2.24, 2.45) is 0 Å². The summed E-state index contributed by atoms with van der Waals surface area (Å²) in [6.45, 7) is 2.77. The molecule has 2 aromatic carbocycles. The highest BCUT2D eigenvalue weighted by Gasteiger charge is 2.25. The number of Topliss-reactive ketones (excluding diaryl/α,β-unsaturated/α-hetero) is 1. The van der Waals surface area contributed by atoms with E-state index >= 15 is 0 Å². The fourth-order valence-corrected chi connectivity index (χ4v) is 3.67. The number of carbonyl (C=O) groups excluding carboxylic acids is 1. The average Bonchev–Trinajstić information content (AvgIpc) is 2.61. The molecular weight excluding hydrogens is 354 g/mol. The molecular formula is C19H23NO5S. The van der Waals surface area contributed by atoms with E-state index in [0.29, 0.717) is 11.3 Å². The number of nitrogens with one attached hydrogen (secondary N) is 1. The summed E-state index contributed by atoms with van der Waals surface area (Å²) in [7, 11) is -2.26. The maximum absolute atomic E-state index is 12.4. The molecule has 0 amide bonds. The van der Waals surface area contributed by atoms with Gasteiger partial charge < -0.3 is 9.84 Å². The van der Waals surface area contributed by atoms with Crippen molar-refractivity contribution in [3.63, 3.8) is 0 Å². The molecule has 0 spiro atoms. The van der Waals surface area contributed by atoms with E-state index in [1.54, 1.807) is 32.2 Å². The van der Waals surface area contributed by atoms with Crippen molar-refractivity contribution in [1.29, 1.82) is 0 Å². The van der Waals surface area contributed by atoms with Gasteiger partial charge in [0, 0.05) is 18.5 Å². The van der Waals surface area contributed by atoms with E-state index in [0.717, 1.165) is 5.56 Å². The molecule has 2 rings (SSSR count). The van der Waals surface area contributed by atoms with Crippen LogP contribution >= 0.6 is 0 Å². The third kappa shape index (κ3) is 5.39. The third-order valence-electron chi connectivity index (χ3n) is 3.94. The lowest BCUT2D eigenvalue weighted by Gasteiger charge is -2.24. The van der Waals surface area contributed by atoms with Crippen molar-refractivity contribution in [2.45, 2.75) is 30.8 Å². The van der Waals surface area contributed by atoms with Gasteiger partial charge >= 0.3 is 0 Å². The summed E-state index contributed by atoms with van der Waals surface area (Å²) in [6, 6.07) is 13.0. The van der Waals surface area contributed by atoms with Crippen molar-refractivity contribution in [2.75, 3.05) is 13.7 Å². The average molecular weight is 377 g/mol. The van der Waals surface area contributed by atoms with Gasteiger partial charge in [-0.25, -0.2) is 13.1 Å². The van der Waals surface area contributed by atoms with E-state index in [4.69, 9.17) is 4.74 Å². The van der Waals surface area contributed by atoms with Gasteiger partial charge in [0.05, 0.1) is 17.6 Å². The van der Waals surface area contributed by atoms with Gasteiger partial charge in [-0.15, -0.1) is 0 Å². The molecule has 0 bridgehead atoms. The van der Waals surface area contributed by atoms with E-state index in [-0.39, 0.29) is 23.6 Å². The van der Waals surface area contributed by atoms with E-state index in [9.17, 15) is 18.3 Å². The number of sulfonamides is 1. The fourth-order valence-electron chi connectivity index (χ4n) is 2.46. The quantitative estimate of drug-likeness (QED) is 0.688. The highest BCUT2D eigenvalue weighted by atomic mass is 32.2. The number of hydrogen-bond acceptors (Lipinski definition) is 5. The lowest BCUT2D eigenvalue weighted by atomic mass is 9.97. The van der Waals surface area contributed by atoms with Crippen LogP contribution in [0.5, 0.6) is 5.75 Å². The Morgan fingerprint density at radius 2 is 1.85 bits per heavy atom. The van der Waals surface area contributed by atoms with Crippen molar-refractivity contribution in [3.05, 3.63) is 59.7 Å². The number of methoxy groups -OCH3 is 1. The predicted molar refractivity (Wildman–Crippen MR) is 99.0 cm³/mol. The standard InChI is InChI=1S/C19H23NO5S/c1-14(21)16-5-4-6-18(11-16)26(23,24)20-13-19(2,22)12-15-7-9-17(25-3)10-8-15/h4-11,20,22H,12-13H2,1-3H3.